The molecule has 1 saturated heterocycles. The van der Waals surface area contributed by atoms with Gasteiger partial charge in [-0.1, -0.05) is 19.4 Å². The van der Waals surface area contributed by atoms with Crippen LogP contribution in [0.15, 0.2) is 21.3 Å². The molecule has 12 heteroatoms. The predicted octanol–water partition coefficient (Wildman–Crippen LogP) is 1.53. The fraction of sp³-hybridized carbons (Fsp3) is 0.550. The van der Waals surface area contributed by atoms with Gasteiger partial charge in [-0.2, -0.15) is 17.4 Å². The van der Waals surface area contributed by atoms with Crippen molar-refractivity contribution >= 4 is 16.1 Å². The van der Waals surface area contributed by atoms with Gasteiger partial charge in [0.2, 0.25) is 11.8 Å². The molecule has 1 aromatic carbocycles. The number of carbonyl (C=O) groups is 1. The number of primary amides is 1. The Hall–Kier alpha value is -2.57. The molecule has 1 fully saturated rings. The average molecular weight is 470 g/mol. The van der Waals surface area contributed by atoms with E-state index >= 15 is 0 Å². The SMILES string of the molecule is Cc1ccc(F)c([C@@H](C)[C@H](NS(=O)(=O)N2CCCCC2CC(N)=O)c2n[nH]c(=O)o2)c1C. The van der Waals surface area contributed by atoms with E-state index in [0.29, 0.717) is 18.4 Å². The van der Waals surface area contributed by atoms with E-state index in [1.165, 1.54) is 10.4 Å². The number of aryl methyl sites for hydroxylation is 1. The van der Waals surface area contributed by atoms with Crippen LogP contribution in [0, 0.1) is 19.7 Å². The number of piperidine rings is 1. The number of amides is 1. The van der Waals surface area contributed by atoms with Gasteiger partial charge < -0.3 is 10.2 Å². The van der Waals surface area contributed by atoms with Crippen molar-refractivity contribution in [3.05, 3.63) is 51.1 Å². The molecule has 2 heterocycles. The van der Waals surface area contributed by atoms with E-state index in [9.17, 15) is 22.4 Å². The number of nitrogens with two attached hydrogens (primary N) is 1. The molecule has 0 aliphatic carbocycles. The molecule has 4 N–H and O–H groups in total. The number of aromatic nitrogens is 2. The second-order valence-corrected chi connectivity index (χ2v) is 9.83. The van der Waals surface area contributed by atoms with Crippen molar-refractivity contribution in [3.8, 4) is 0 Å². The van der Waals surface area contributed by atoms with Crippen LogP contribution in [-0.4, -0.2) is 41.4 Å². The molecule has 2 aromatic rings. The lowest BCUT2D eigenvalue weighted by Gasteiger charge is -2.35. The van der Waals surface area contributed by atoms with Gasteiger partial charge in [0, 0.05) is 24.9 Å². The molecule has 32 heavy (non-hydrogen) atoms. The van der Waals surface area contributed by atoms with Gasteiger partial charge in [0.15, 0.2) is 0 Å². The molecule has 1 unspecified atom stereocenters. The van der Waals surface area contributed by atoms with Gasteiger partial charge in [-0.25, -0.2) is 14.3 Å². The molecular formula is C20H28FN5O5S. The Morgan fingerprint density at radius 1 is 1.41 bits per heavy atom. The molecule has 1 aliphatic heterocycles. The lowest BCUT2D eigenvalue weighted by molar-refractivity contribution is -0.119. The molecular weight excluding hydrogens is 441 g/mol. The summed E-state index contributed by atoms with van der Waals surface area (Å²) in [5, 5.41) is 5.92. The van der Waals surface area contributed by atoms with Crippen molar-refractivity contribution in [2.24, 2.45) is 5.73 Å². The summed E-state index contributed by atoms with van der Waals surface area (Å²) >= 11 is 0. The molecule has 0 radical (unpaired) electrons. The average Bonchev–Trinajstić information content (AvgIpc) is 3.15. The molecule has 1 aliphatic rings. The lowest BCUT2D eigenvalue weighted by atomic mass is 9.88. The van der Waals surface area contributed by atoms with E-state index in [4.69, 9.17) is 10.2 Å². The van der Waals surface area contributed by atoms with Crippen LogP contribution < -0.4 is 16.2 Å². The van der Waals surface area contributed by atoms with Crippen molar-refractivity contribution in [2.75, 3.05) is 6.54 Å². The number of carbonyl (C=O) groups excluding carboxylic acids is 1. The Balaban J connectivity index is 2.01. The highest BCUT2D eigenvalue weighted by Crippen LogP contribution is 2.35. The van der Waals surface area contributed by atoms with Crippen LogP contribution in [0.5, 0.6) is 0 Å². The van der Waals surface area contributed by atoms with E-state index in [1.807, 2.05) is 6.92 Å². The lowest BCUT2D eigenvalue weighted by Crippen LogP contribution is -2.51. The van der Waals surface area contributed by atoms with Crippen molar-refractivity contribution < 1.29 is 22.0 Å². The molecule has 0 spiro atoms. The van der Waals surface area contributed by atoms with Crippen LogP contribution in [0.2, 0.25) is 0 Å². The Bertz CT molecular complexity index is 1150. The normalized spacial score (nSPS) is 19.6. The van der Waals surface area contributed by atoms with Crippen molar-refractivity contribution in [1.29, 1.82) is 0 Å². The summed E-state index contributed by atoms with van der Waals surface area (Å²) in [6.07, 6.45) is 1.78. The van der Waals surface area contributed by atoms with Crippen LogP contribution in [0.1, 0.15) is 67.1 Å². The summed E-state index contributed by atoms with van der Waals surface area (Å²) in [6.45, 7) is 5.39. The molecule has 0 saturated carbocycles. The first-order valence-electron chi connectivity index (χ1n) is 10.4. The Labute approximate surface area is 185 Å². The number of rotatable bonds is 8. The number of halogens is 1. The second-order valence-electron chi connectivity index (χ2n) is 8.17. The Morgan fingerprint density at radius 2 is 2.12 bits per heavy atom. The van der Waals surface area contributed by atoms with Crippen molar-refractivity contribution in [3.63, 3.8) is 0 Å². The van der Waals surface area contributed by atoms with Crippen molar-refractivity contribution in [2.45, 2.75) is 64.5 Å². The summed E-state index contributed by atoms with van der Waals surface area (Å²) in [5.74, 6) is -2.95. The first kappa shape index (κ1) is 24.1. The Morgan fingerprint density at radius 3 is 2.75 bits per heavy atom. The molecule has 1 amide bonds. The first-order valence-corrected chi connectivity index (χ1v) is 11.8. The monoisotopic (exact) mass is 469 g/mol. The highest BCUT2D eigenvalue weighted by molar-refractivity contribution is 7.87. The minimum atomic E-state index is -4.17. The maximum Gasteiger partial charge on any atom is 0.434 e. The summed E-state index contributed by atoms with van der Waals surface area (Å²) in [4.78, 5) is 23.0. The van der Waals surface area contributed by atoms with Crippen LogP contribution in [-0.2, 0) is 15.0 Å². The van der Waals surface area contributed by atoms with Crippen LogP contribution in [0.3, 0.4) is 0 Å². The van der Waals surface area contributed by atoms with Gasteiger partial charge >= 0.3 is 5.76 Å². The van der Waals surface area contributed by atoms with Gasteiger partial charge in [0.1, 0.15) is 11.9 Å². The smallest absolute Gasteiger partial charge is 0.391 e. The summed E-state index contributed by atoms with van der Waals surface area (Å²) in [7, 11) is -4.17. The fourth-order valence-corrected chi connectivity index (χ4v) is 5.93. The van der Waals surface area contributed by atoms with E-state index in [2.05, 4.69) is 14.9 Å². The molecule has 1 aromatic heterocycles. The third kappa shape index (κ3) is 5.08. The highest BCUT2D eigenvalue weighted by Gasteiger charge is 2.38. The molecule has 10 nitrogen and oxygen atoms in total. The fourth-order valence-electron chi connectivity index (χ4n) is 4.23. The zero-order chi connectivity index (χ0) is 23.6. The third-order valence-electron chi connectivity index (χ3n) is 6.00. The number of H-pyrrole nitrogens is 1. The van der Waals surface area contributed by atoms with Crippen LogP contribution >= 0.6 is 0 Å². The maximum absolute atomic E-state index is 14.8. The number of aromatic amines is 1. The van der Waals surface area contributed by atoms with E-state index in [-0.39, 0.29) is 24.4 Å². The molecule has 3 atom stereocenters. The number of nitrogens with zero attached hydrogens (tertiary/aromatic N) is 2. The first-order chi connectivity index (χ1) is 15.0. The highest BCUT2D eigenvalue weighted by atomic mass is 32.2. The number of nitrogens with one attached hydrogen (secondary N) is 2. The minimum absolute atomic E-state index is 0.107. The predicted molar refractivity (Wildman–Crippen MR) is 114 cm³/mol. The van der Waals surface area contributed by atoms with Gasteiger partial charge in [0.05, 0.1) is 0 Å². The minimum Gasteiger partial charge on any atom is -0.391 e. The second kappa shape index (κ2) is 9.51. The van der Waals surface area contributed by atoms with Crippen LogP contribution in [0.25, 0.3) is 0 Å². The largest absolute Gasteiger partial charge is 0.434 e. The quantitative estimate of drug-likeness (QED) is 0.533. The summed E-state index contributed by atoms with van der Waals surface area (Å²) < 4.78 is 50.3. The Kier molecular flexibility index (Phi) is 7.16. The molecule has 0 bridgehead atoms. The zero-order valence-electron chi connectivity index (χ0n) is 18.2. The number of hydrogen-bond donors (Lipinski definition) is 3. The standard InChI is InChI=1S/C20H28FN5O5S/c1-11-7-8-15(21)17(12(11)2)13(3)18(19-23-24-20(28)31-19)25-32(29,30)26-9-5-4-6-14(26)10-16(22)27/h7-8,13-14,18,25H,4-6,9-10H2,1-3H3,(H2,22,27)(H,24,28)/t13-,14?,18+/m1/s1. The van der Waals surface area contributed by atoms with Crippen LogP contribution in [0.4, 0.5) is 4.39 Å². The van der Waals surface area contributed by atoms with E-state index in [1.54, 1.807) is 19.9 Å². The number of benzene rings is 1. The summed E-state index contributed by atoms with van der Waals surface area (Å²) in [6, 6.07) is 1.19. The van der Waals surface area contributed by atoms with Gasteiger partial charge in [-0.05, 0) is 49.4 Å². The maximum atomic E-state index is 14.8. The molecule has 3 rings (SSSR count). The van der Waals surface area contributed by atoms with Gasteiger partial charge in [0.25, 0.3) is 10.2 Å². The van der Waals surface area contributed by atoms with E-state index < -0.39 is 45.7 Å². The number of hydrogen-bond acceptors (Lipinski definition) is 6. The van der Waals surface area contributed by atoms with Gasteiger partial charge in [-0.3, -0.25) is 4.79 Å². The zero-order valence-corrected chi connectivity index (χ0v) is 19.0. The summed E-state index contributed by atoms with van der Waals surface area (Å²) in [5.41, 5.74) is 7.08. The third-order valence-corrected chi connectivity index (χ3v) is 7.65. The molecule has 176 valence electrons. The topological polar surface area (TPSA) is 151 Å². The van der Waals surface area contributed by atoms with Gasteiger partial charge in [-0.15, -0.1) is 5.10 Å². The van der Waals surface area contributed by atoms with E-state index in [0.717, 1.165) is 12.0 Å². The van der Waals surface area contributed by atoms with Crippen molar-refractivity contribution in [1.82, 2.24) is 19.2 Å².